The third-order valence-electron chi connectivity index (χ3n) is 2.47. The Morgan fingerprint density at radius 3 is 2.63 bits per heavy atom. The molecule has 1 unspecified atom stereocenters. The maximum absolute atomic E-state index is 13.1. The number of hydrogen-bond donors (Lipinski definition) is 3. The van der Waals surface area contributed by atoms with E-state index in [0.29, 0.717) is 6.54 Å². The van der Waals surface area contributed by atoms with Crippen LogP contribution in [0.3, 0.4) is 0 Å². The van der Waals surface area contributed by atoms with Gasteiger partial charge in [-0.05, 0) is 31.5 Å². The first-order valence-corrected chi connectivity index (χ1v) is 6.08. The van der Waals surface area contributed by atoms with Crippen LogP contribution in [0.1, 0.15) is 30.6 Å². The lowest BCUT2D eigenvalue weighted by molar-refractivity contribution is -0.122. The van der Waals surface area contributed by atoms with E-state index in [-0.39, 0.29) is 17.2 Å². The predicted molar refractivity (Wildman–Crippen MR) is 71.0 cm³/mol. The maximum Gasteiger partial charge on any atom is 0.252 e. The smallest absolute Gasteiger partial charge is 0.252 e. The molecule has 0 bridgehead atoms. The topological polar surface area (TPSA) is 84.2 Å². The van der Waals surface area contributed by atoms with Crippen molar-refractivity contribution in [1.82, 2.24) is 10.6 Å². The molecule has 0 saturated heterocycles. The molecule has 6 heteroatoms. The van der Waals surface area contributed by atoms with Gasteiger partial charge in [-0.25, -0.2) is 4.39 Å². The number of rotatable bonds is 5. The molecule has 2 amide bonds. The van der Waals surface area contributed by atoms with Crippen LogP contribution in [-0.2, 0) is 4.79 Å². The van der Waals surface area contributed by atoms with Crippen molar-refractivity contribution in [2.24, 2.45) is 0 Å². The summed E-state index contributed by atoms with van der Waals surface area (Å²) in [5.41, 5.74) is 5.71. The van der Waals surface area contributed by atoms with Crippen LogP contribution in [0.2, 0.25) is 0 Å². The molecule has 4 N–H and O–H groups in total. The van der Waals surface area contributed by atoms with Gasteiger partial charge >= 0.3 is 0 Å². The summed E-state index contributed by atoms with van der Waals surface area (Å²) in [6.07, 6.45) is 0.812. The Balaban J connectivity index is 2.66. The van der Waals surface area contributed by atoms with Crippen LogP contribution >= 0.6 is 0 Å². The Kier molecular flexibility index (Phi) is 5.29. The highest BCUT2D eigenvalue weighted by Gasteiger charge is 2.16. The molecule has 0 fully saturated rings. The van der Waals surface area contributed by atoms with Crippen molar-refractivity contribution in [1.29, 1.82) is 0 Å². The Bertz CT molecular complexity index is 457. The summed E-state index contributed by atoms with van der Waals surface area (Å²) in [6.45, 7) is 4.04. The molecule has 1 aromatic rings. The van der Waals surface area contributed by atoms with E-state index in [9.17, 15) is 14.0 Å². The minimum Gasteiger partial charge on any atom is -0.399 e. The van der Waals surface area contributed by atoms with Crippen molar-refractivity contribution in [2.45, 2.75) is 26.3 Å². The minimum atomic E-state index is -0.691. The van der Waals surface area contributed by atoms with Crippen LogP contribution in [0.5, 0.6) is 0 Å². The SMILES string of the molecule is CCCNC(=O)C(C)NC(=O)c1cc(N)cc(F)c1. The van der Waals surface area contributed by atoms with Gasteiger partial charge in [0.15, 0.2) is 0 Å². The molecule has 0 aliphatic carbocycles. The number of nitrogens with two attached hydrogens (primary N) is 1. The molecule has 0 aliphatic heterocycles. The Morgan fingerprint density at radius 1 is 1.37 bits per heavy atom. The lowest BCUT2D eigenvalue weighted by Crippen LogP contribution is -2.45. The normalized spacial score (nSPS) is 11.7. The number of carbonyl (C=O) groups is 2. The summed E-state index contributed by atoms with van der Waals surface area (Å²) in [6, 6.07) is 2.86. The van der Waals surface area contributed by atoms with Gasteiger partial charge in [0.25, 0.3) is 5.91 Å². The van der Waals surface area contributed by atoms with E-state index < -0.39 is 17.8 Å². The molecule has 1 atom stereocenters. The standard InChI is InChI=1S/C13H18FN3O2/c1-3-4-16-12(18)8(2)17-13(19)9-5-10(14)7-11(15)6-9/h5-8H,3-4,15H2,1-2H3,(H,16,18)(H,17,19). The molecular weight excluding hydrogens is 249 g/mol. The monoisotopic (exact) mass is 267 g/mol. The van der Waals surface area contributed by atoms with Gasteiger partial charge in [-0.3, -0.25) is 9.59 Å². The van der Waals surface area contributed by atoms with Gasteiger partial charge in [0, 0.05) is 17.8 Å². The molecule has 0 aromatic heterocycles. The number of nitrogens with one attached hydrogen (secondary N) is 2. The molecule has 0 saturated carbocycles. The van der Waals surface area contributed by atoms with Crippen molar-refractivity contribution in [2.75, 3.05) is 12.3 Å². The molecule has 1 rings (SSSR count). The van der Waals surface area contributed by atoms with E-state index in [2.05, 4.69) is 10.6 Å². The fourth-order valence-electron chi connectivity index (χ4n) is 1.49. The fraction of sp³-hybridized carbons (Fsp3) is 0.385. The lowest BCUT2D eigenvalue weighted by atomic mass is 10.1. The average molecular weight is 267 g/mol. The number of amides is 2. The summed E-state index contributed by atoms with van der Waals surface area (Å²) in [5.74, 6) is -1.40. The molecule has 5 nitrogen and oxygen atoms in total. The molecule has 0 spiro atoms. The zero-order valence-electron chi connectivity index (χ0n) is 11.0. The van der Waals surface area contributed by atoms with Gasteiger partial charge in [-0.1, -0.05) is 6.92 Å². The van der Waals surface area contributed by atoms with Crippen LogP contribution < -0.4 is 16.4 Å². The molecule has 19 heavy (non-hydrogen) atoms. The predicted octanol–water partition coefficient (Wildman–Crippen LogP) is 1.05. The van der Waals surface area contributed by atoms with E-state index in [4.69, 9.17) is 5.73 Å². The number of nitrogen functional groups attached to an aromatic ring is 1. The van der Waals surface area contributed by atoms with E-state index in [1.807, 2.05) is 6.92 Å². The second-order valence-electron chi connectivity index (χ2n) is 4.26. The van der Waals surface area contributed by atoms with Crippen molar-refractivity contribution in [3.05, 3.63) is 29.6 Å². The second kappa shape index (κ2) is 6.72. The molecule has 104 valence electrons. The largest absolute Gasteiger partial charge is 0.399 e. The van der Waals surface area contributed by atoms with Crippen LogP contribution in [0.4, 0.5) is 10.1 Å². The minimum absolute atomic E-state index is 0.0904. The van der Waals surface area contributed by atoms with Gasteiger partial charge in [0.2, 0.25) is 5.91 Å². The first-order valence-electron chi connectivity index (χ1n) is 6.08. The Morgan fingerprint density at radius 2 is 2.05 bits per heavy atom. The molecule has 1 aromatic carbocycles. The van der Waals surface area contributed by atoms with Gasteiger partial charge in [-0.15, -0.1) is 0 Å². The van der Waals surface area contributed by atoms with Crippen molar-refractivity contribution < 1.29 is 14.0 Å². The van der Waals surface area contributed by atoms with Crippen LogP contribution in [0, 0.1) is 5.82 Å². The number of carbonyl (C=O) groups excluding carboxylic acids is 2. The first kappa shape index (κ1) is 14.9. The summed E-state index contributed by atoms with van der Waals surface area (Å²) in [4.78, 5) is 23.4. The Hall–Kier alpha value is -2.11. The number of benzene rings is 1. The van der Waals surface area contributed by atoms with Crippen molar-refractivity contribution in [3.8, 4) is 0 Å². The third-order valence-corrected chi connectivity index (χ3v) is 2.47. The maximum atomic E-state index is 13.1. The summed E-state index contributed by atoms with van der Waals surface area (Å²) in [7, 11) is 0. The van der Waals surface area contributed by atoms with Crippen LogP contribution in [-0.4, -0.2) is 24.4 Å². The quantitative estimate of drug-likeness (QED) is 0.697. The highest BCUT2D eigenvalue weighted by Crippen LogP contribution is 2.10. The Labute approximate surface area is 111 Å². The fourth-order valence-corrected chi connectivity index (χ4v) is 1.49. The van der Waals surface area contributed by atoms with E-state index >= 15 is 0 Å². The van der Waals surface area contributed by atoms with Crippen molar-refractivity contribution in [3.63, 3.8) is 0 Å². The van der Waals surface area contributed by atoms with Gasteiger partial charge in [-0.2, -0.15) is 0 Å². The lowest BCUT2D eigenvalue weighted by Gasteiger charge is -2.14. The number of halogens is 1. The van der Waals surface area contributed by atoms with Crippen molar-refractivity contribution >= 4 is 17.5 Å². The molecule has 0 radical (unpaired) electrons. The summed E-state index contributed by atoms with van der Waals surface area (Å²) < 4.78 is 13.1. The second-order valence-corrected chi connectivity index (χ2v) is 4.26. The van der Waals surface area contributed by atoms with E-state index in [1.165, 1.54) is 6.07 Å². The van der Waals surface area contributed by atoms with Gasteiger partial charge in [0.1, 0.15) is 11.9 Å². The van der Waals surface area contributed by atoms with Gasteiger partial charge in [0.05, 0.1) is 0 Å². The van der Waals surface area contributed by atoms with Gasteiger partial charge < -0.3 is 16.4 Å². The molecule has 0 aliphatic rings. The van der Waals surface area contributed by atoms with Crippen LogP contribution in [0.15, 0.2) is 18.2 Å². The zero-order chi connectivity index (χ0) is 14.4. The molecule has 0 heterocycles. The first-order chi connectivity index (χ1) is 8.93. The van der Waals surface area contributed by atoms with E-state index in [0.717, 1.165) is 18.6 Å². The summed E-state index contributed by atoms with van der Waals surface area (Å²) >= 11 is 0. The highest BCUT2D eigenvalue weighted by molar-refractivity contribution is 5.98. The van der Waals surface area contributed by atoms with E-state index in [1.54, 1.807) is 6.92 Å². The zero-order valence-corrected chi connectivity index (χ0v) is 11.0. The highest BCUT2D eigenvalue weighted by atomic mass is 19.1. The number of anilines is 1. The third kappa shape index (κ3) is 4.57. The molecular formula is C13H18FN3O2. The average Bonchev–Trinajstić information content (AvgIpc) is 2.34. The van der Waals surface area contributed by atoms with Crippen LogP contribution in [0.25, 0.3) is 0 Å². The number of hydrogen-bond acceptors (Lipinski definition) is 3. The summed E-state index contributed by atoms with van der Waals surface area (Å²) in [5, 5.41) is 5.15.